The van der Waals surface area contributed by atoms with Gasteiger partial charge in [-0.25, -0.2) is 4.98 Å². The number of fused-ring (bicyclic) bond motifs is 1. The monoisotopic (exact) mass is 357 g/mol. The van der Waals surface area contributed by atoms with Crippen molar-refractivity contribution in [3.05, 3.63) is 41.3 Å². The predicted molar refractivity (Wildman–Crippen MR) is 94.9 cm³/mol. The number of aromatic nitrogens is 3. The van der Waals surface area contributed by atoms with Crippen molar-refractivity contribution in [3.8, 4) is 5.88 Å². The molecule has 0 bridgehead atoms. The van der Waals surface area contributed by atoms with Crippen LogP contribution in [0.25, 0.3) is 0 Å². The molecule has 2 amide bonds. The number of nitrogens with one attached hydrogen (secondary N) is 1. The highest BCUT2D eigenvalue weighted by molar-refractivity contribution is 5.96. The molecule has 0 spiro atoms. The molecule has 8 heteroatoms. The average molecular weight is 357 g/mol. The molecule has 3 rings (SSSR count). The Morgan fingerprint density at radius 1 is 1.42 bits per heavy atom. The SMILES string of the molecule is COc1ncccc1C(=O)N[C@@H]1CCCc2cn(CC(=O)N(C)C)nc21. The molecule has 26 heavy (non-hydrogen) atoms. The second kappa shape index (κ2) is 7.55. The number of carbonyl (C=O) groups excluding carboxylic acids is 2. The largest absolute Gasteiger partial charge is 0.480 e. The van der Waals surface area contributed by atoms with E-state index in [-0.39, 0.29) is 24.4 Å². The first kappa shape index (κ1) is 17.9. The minimum atomic E-state index is -0.244. The summed E-state index contributed by atoms with van der Waals surface area (Å²) in [5, 5.41) is 7.58. The van der Waals surface area contributed by atoms with Crippen molar-refractivity contribution in [2.75, 3.05) is 21.2 Å². The highest BCUT2D eigenvalue weighted by Gasteiger charge is 2.27. The quantitative estimate of drug-likeness (QED) is 0.868. The Morgan fingerprint density at radius 3 is 2.96 bits per heavy atom. The number of rotatable bonds is 5. The van der Waals surface area contributed by atoms with Crippen molar-refractivity contribution < 1.29 is 14.3 Å². The summed E-state index contributed by atoms with van der Waals surface area (Å²) in [6.45, 7) is 0.192. The number of nitrogens with zero attached hydrogens (tertiary/aromatic N) is 4. The van der Waals surface area contributed by atoms with Crippen LogP contribution in [-0.2, 0) is 17.8 Å². The summed E-state index contributed by atoms with van der Waals surface area (Å²) >= 11 is 0. The molecular weight excluding hydrogens is 334 g/mol. The van der Waals surface area contributed by atoms with E-state index in [4.69, 9.17) is 4.74 Å². The van der Waals surface area contributed by atoms with E-state index in [0.717, 1.165) is 30.5 Å². The van der Waals surface area contributed by atoms with Crippen LogP contribution in [0.5, 0.6) is 5.88 Å². The van der Waals surface area contributed by atoms with Crippen molar-refractivity contribution >= 4 is 11.8 Å². The van der Waals surface area contributed by atoms with E-state index in [9.17, 15) is 9.59 Å². The lowest BCUT2D eigenvalue weighted by molar-refractivity contribution is -0.129. The highest BCUT2D eigenvalue weighted by atomic mass is 16.5. The normalized spacial score (nSPS) is 15.9. The Kier molecular flexibility index (Phi) is 5.20. The maximum atomic E-state index is 12.6. The van der Waals surface area contributed by atoms with Crippen molar-refractivity contribution in [2.45, 2.75) is 31.8 Å². The van der Waals surface area contributed by atoms with Gasteiger partial charge in [-0.1, -0.05) is 0 Å². The first-order valence-corrected chi connectivity index (χ1v) is 8.56. The average Bonchev–Trinajstić information content (AvgIpc) is 3.05. The standard InChI is InChI=1S/C18H23N5O3/c1-22(2)15(24)11-23-10-12-6-4-8-14(16(12)21-23)20-17(25)13-7-5-9-19-18(13)26-3/h5,7,9-10,14H,4,6,8,11H2,1-3H3,(H,20,25)/t14-/m1/s1. The number of pyridine rings is 1. The molecule has 0 unspecified atom stereocenters. The van der Waals surface area contributed by atoms with Gasteiger partial charge >= 0.3 is 0 Å². The third kappa shape index (κ3) is 3.68. The van der Waals surface area contributed by atoms with E-state index >= 15 is 0 Å². The molecule has 8 nitrogen and oxygen atoms in total. The lowest BCUT2D eigenvalue weighted by atomic mass is 9.93. The molecule has 2 heterocycles. The number of amides is 2. The summed E-state index contributed by atoms with van der Waals surface area (Å²) in [7, 11) is 4.92. The van der Waals surface area contributed by atoms with Crippen molar-refractivity contribution in [3.63, 3.8) is 0 Å². The summed E-state index contributed by atoms with van der Waals surface area (Å²) in [5.74, 6) is 0.0281. The molecule has 1 atom stereocenters. The molecule has 1 aliphatic rings. The predicted octanol–water partition coefficient (Wildman–Crippen LogP) is 1.18. The number of likely N-dealkylation sites (N-methyl/N-ethyl adjacent to an activating group) is 1. The second-order valence-corrected chi connectivity index (χ2v) is 6.50. The van der Waals surface area contributed by atoms with Gasteiger partial charge in [-0.2, -0.15) is 5.10 Å². The van der Waals surface area contributed by atoms with E-state index in [1.54, 1.807) is 37.1 Å². The van der Waals surface area contributed by atoms with Gasteiger partial charge in [0.2, 0.25) is 11.8 Å². The van der Waals surface area contributed by atoms with Crippen LogP contribution in [0.3, 0.4) is 0 Å². The maximum Gasteiger partial charge on any atom is 0.257 e. The summed E-state index contributed by atoms with van der Waals surface area (Å²) < 4.78 is 6.82. The molecule has 2 aromatic heterocycles. The number of hydrogen-bond donors (Lipinski definition) is 1. The van der Waals surface area contributed by atoms with Crippen LogP contribution in [0.4, 0.5) is 0 Å². The molecule has 0 fully saturated rings. The van der Waals surface area contributed by atoms with Gasteiger partial charge in [-0.15, -0.1) is 0 Å². The Hall–Kier alpha value is -2.90. The van der Waals surface area contributed by atoms with Gasteiger partial charge in [-0.05, 0) is 37.0 Å². The third-order valence-electron chi connectivity index (χ3n) is 4.45. The molecule has 138 valence electrons. The zero-order chi connectivity index (χ0) is 18.7. The Balaban J connectivity index is 1.78. The van der Waals surface area contributed by atoms with E-state index in [2.05, 4.69) is 15.4 Å². The lowest BCUT2D eigenvalue weighted by Gasteiger charge is -2.22. The first-order chi connectivity index (χ1) is 12.5. The van der Waals surface area contributed by atoms with Crippen LogP contribution in [0.15, 0.2) is 24.5 Å². The van der Waals surface area contributed by atoms with Crippen LogP contribution in [0.2, 0.25) is 0 Å². The summed E-state index contributed by atoms with van der Waals surface area (Å²) in [5.41, 5.74) is 2.30. The fourth-order valence-corrected chi connectivity index (χ4v) is 3.06. The Labute approximate surface area is 152 Å². The highest BCUT2D eigenvalue weighted by Crippen LogP contribution is 2.29. The molecular formula is C18H23N5O3. The van der Waals surface area contributed by atoms with Gasteiger partial charge in [0, 0.05) is 26.5 Å². The van der Waals surface area contributed by atoms with Gasteiger partial charge in [0.1, 0.15) is 12.1 Å². The number of hydrogen-bond acceptors (Lipinski definition) is 5. The smallest absolute Gasteiger partial charge is 0.257 e. The number of carbonyl (C=O) groups is 2. The van der Waals surface area contributed by atoms with Crippen LogP contribution >= 0.6 is 0 Å². The van der Waals surface area contributed by atoms with Crippen LogP contribution in [0, 0.1) is 0 Å². The summed E-state index contributed by atoms with van der Waals surface area (Å²) in [6, 6.07) is 3.19. The Bertz CT molecular complexity index is 815. The lowest BCUT2D eigenvalue weighted by Crippen LogP contribution is -2.31. The fraction of sp³-hybridized carbons (Fsp3) is 0.444. The minimum absolute atomic E-state index is 0.0227. The van der Waals surface area contributed by atoms with Gasteiger partial charge in [0.15, 0.2) is 0 Å². The van der Waals surface area contributed by atoms with Crippen LogP contribution in [-0.4, -0.2) is 52.7 Å². The molecule has 1 aliphatic carbocycles. The van der Waals surface area contributed by atoms with E-state index in [0.29, 0.717) is 11.4 Å². The van der Waals surface area contributed by atoms with Gasteiger partial charge < -0.3 is 15.0 Å². The molecule has 0 saturated carbocycles. The van der Waals surface area contributed by atoms with E-state index < -0.39 is 0 Å². The van der Waals surface area contributed by atoms with Gasteiger partial charge in [0.05, 0.1) is 18.8 Å². The van der Waals surface area contributed by atoms with Crippen molar-refractivity contribution in [2.24, 2.45) is 0 Å². The number of ether oxygens (including phenoxy) is 1. The topological polar surface area (TPSA) is 89.3 Å². The number of aryl methyl sites for hydroxylation is 1. The van der Waals surface area contributed by atoms with Crippen LogP contribution < -0.4 is 10.1 Å². The number of methoxy groups -OCH3 is 1. The van der Waals surface area contributed by atoms with Crippen molar-refractivity contribution in [1.29, 1.82) is 0 Å². The fourth-order valence-electron chi connectivity index (χ4n) is 3.06. The summed E-state index contributed by atoms with van der Waals surface area (Å²) in [4.78, 5) is 30.2. The summed E-state index contributed by atoms with van der Waals surface area (Å²) in [6.07, 6.45) is 6.14. The zero-order valence-electron chi connectivity index (χ0n) is 15.2. The minimum Gasteiger partial charge on any atom is -0.480 e. The van der Waals surface area contributed by atoms with Gasteiger partial charge in [0.25, 0.3) is 5.91 Å². The molecule has 0 radical (unpaired) electrons. The van der Waals surface area contributed by atoms with Gasteiger partial charge in [-0.3, -0.25) is 14.3 Å². The first-order valence-electron chi connectivity index (χ1n) is 8.56. The Morgan fingerprint density at radius 2 is 2.23 bits per heavy atom. The van der Waals surface area contributed by atoms with Crippen molar-refractivity contribution in [1.82, 2.24) is 25.0 Å². The van der Waals surface area contributed by atoms with E-state index in [1.165, 1.54) is 12.0 Å². The molecule has 0 saturated heterocycles. The molecule has 2 aromatic rings. The molecule has 0 aliphatic heterocycles. The van der Waals surface area contributed by atoms with Crippen LogP contribution in [0.1, 0.15) is 40.5 Å². The molecule has 1 N–H and O–H groups in total. The third-order valence-corrected chi connectivity index (χ3v) is 4.45. The van der Waals surface area contributed by atoms with E-state index in [1.807, 2.05) is 6.20 Å². The second-order valence-electron chi connectivity index (χ2n) is 6.50. The molecule has 0 aromatic carbocycles. The maximum absolute atomic E-state index is 12.6. The zero-order valence-corrected chi connectivity index (χ0v) is 15.2.